The molecule has 0 unspecified atom stereocenters. The maximum Gasteiger partial charge on any atom is 0.306 e. The molecule has 1 amide bonds. The smallest absolute Gasteiger partial charge is 0.306 e. The van der Waals surface area contributed by atoms with Crippen molar-refractivity contribution in [2.75, 3.05) is 12.4 Å². The molecule has 2 rings (SSSR count). The van der Waals surface area contributed by atoms with Crippen LogP contribution in [0.2, 0.25) is 0 Å². The lowest BCUT2D eigenvalue weighted by atomic mass is 10.1. The highest BCUT2D eigenvalue weighted by Gasteiger charge is 2.17. The molecule has 0 bridgehead atoms. The number of methoxy groups -OCH3 is 1. The number of carbonyl (C=O) groups excluding carboxylic acids is 1. The molecule has 0 radical (unpaired) electrons. The number of nitrogens with zero attached hydrogens (tertiary/aromatic N) is 1. The molecular formula is C14H10F2N2O4. The first-order chi connectivity index (χ1) is 10.4. The standard InChI is InChI=1S/C14H10F2N2O4/c1-22-13-5-2-8(15)6-10(13)14(19)17-9-3-4-11(16)12(7-9)18(20)21/h2-7H,1H3,(H,17,19). The minimum Gasteiger partial charge on any atom is -0.496 e. The van der Waals surface area contributed by atoms with E-state index in [1.165, 1.54) is 13.2 Å². The summed E-state index contributed by atoms with van der Waals surface area (Å²) >= 11 is 0. The van der Waals surface area contributed by atoms with Crippen molar-refractivity contribution >= 4 is 17.3 Å². The van der Waals surface area contributed by atoms with Crippen LogP contribution in [-0.2, 0) is 0 Å². The normalized spacial score (nSPS) is 10.1. The SMILES string of the molecule is COc1ccc(F)cc1C(=O)Nc1ccc(F)c([N+](=O)[O-])c1. The second-order valence-corrected chi connectivity index (χ2v) is 4.22. The average Bonchev–Trinajstić information content (AvgIpc) is 2.48. The van der Waals surface area contributed by atoms with Gasteiger partial charge < -0.3 is 10.1 Å². The van der Waals surface area contributed by atoms with Gasteiger partial charge in [-0.15, -0.1) is 0 Å². The Labute approximate surface area is 123 Å². The van der Waals surface area contributed by atoms with Crippen molar-refractivity contribution in [3.8, 4) is 5.75 Å². The fourth-order valence-corrected chi connectivity index (χ4v) is 1.79. The third-order valence-corrected chi connectivity index (χ3v) is 2.81. The quantitative estimate of drug-likeness (QED) is 0.695. The van der Waals surface area contributed by atoms with Crippen LogP contribution in [0.5, 0.6) is 5.75 Å². The fourth-order valence-electron chi connectivity index (χ4n) is 1.79. The molecule has 114 valence electrons. The van der Waals surface area contributed by atoms with E-state index in [1.807, 2.05) is 0 Å². The van der Waals surface area contributed by atoms with Crippen LogP contribution in [0.4, 0.5) is 20.2 Å². The average molecular weight is 308 g/mol. The van der Waals surface area contributed by atoms with E-state index >= 15 is 0 Å². The van der Waals surface area contributed by atoms with Gasteiger partial charge in [-0.1, -0.05) is 0 Å². The minimum atomic E-state index is -1.02. The summed E-state index contributed by atoms with van der Waals surface area (Å²) in [6, 6.07) is 6.25. The van der Waals surface area contributed by atoms with Crippen LogP contribution < -0.4 is 10.1 Å². The van der Waals surface area contributed by atoms with Crippen molar-refractivity contribution in [3.05, 3.63) is 63.7 Å². The molecule has 0 spiro atoms. The van der Waals surface area contributed by atoms with E-state index in [1.54, 1.807) is 0 Å². The Morgan fingerprint density at radius 2 is 1.95 bits per heavy atom. The number of nitro groups is 1. The maximum absolute atomic E-state index is 13.2. The number of anilines is 1. The van der Waals surface area contributed by atoms with Crippen LogP contribution in [0.25, 0.3) is 0 Å². The third-order valence-electron chi connectivity index (χ3n) is 2.81. The molecule has 2 aromatic carbocycles. The summed E-state index contributed by atoms with van der Waals surface area (Å²) in [4.78, 5) is 21.8. The van der Waals surface area contributed by atoms with Gasteiger partial charge in [-0.25, -0.2) is 4.39 Å². The Morgan fingerprint density at radius 3 is 2.59 bits per heavy atom. The van der Waals surface area contributed by atoms with E-state index < -0.39 is 28.2 Å². The Morgan fingerprint density at radius 1 is 1.23 bits per heavy atom. The molecule has 0 saturated carbocycles. The predicted octanol–water partition coefficient (Wildman–Crippen LogP) is 3.13. The van der Waals surface area contributed by atoms with Crippen LogP contribution in [0.1, 0.15) is 10.4 Å². The number of hydrogen-bond donors (Lipinski definition) is 1. The summed E-state index contributed by atoms with van der Waals surface area (Å²) in [6.07, 6.45) is 0. The number of rotatable bonds is 4. The number of ether oxygens (including phenoxy) is 1. The van der Waals surface area contributed by atoms with E-state index in [4.69, 9.17) is 4.74 Å². The van der Waals surface area contributed by atoms with Gasteiger partial charge in [0.25, 0.3) is 5.91 Å². The van der Waals surface area contributed by atoms with Crippen molar-refractivity contribution in [1.82, 2.24) is 0 Å². The first-order valence-corrected chi connectivity index (χ1v) is 6.01. The van der Waals surface area contributed by atoms with Crippen LogP contribution in [-0.4, -0.2) is 17.9 Å². The van der Waals surface area contributed by atoms with Crippen molar-refractivity contribution in [2.45, 2.75) is 0 Å². The van der Waals surface area contributed by atoms with Gasteiger partial charge in [-0.05, 0) is 30.3 Å². The van der Waals surface area contributed by atoms with E-state index in [0.717, 1.165) is 30.3 Å². The number of hydrogen-bond acceptors (Lipinski definition) is 4. The Hall–Kier alpha value is -3.03. The highest BCUT2D eigenvalue weighted by atomic mass is 19.1. The molecule has 0 fully saturated rings. The molecule has 8 heteroatoms. The van der Waals surface area contributed by atoms with Crippen molar-refractivity contribution in [3.63, 3.8) is 0 Å². The molecular weight excluding hydrogens is 298 g/mol. The summed E-state index contributed by atoms with van der Waals surface area (Å²) in [5.41, 5.74) is -0.858. The van der Waals surface area contributed by atoms with E-state index in [2.05, 4.69) is 5.32 Å². The van der Waals surface area contributed by atoms with Gasteiger partial charge in [0.05, 0.1) is 17.6 Å². The van der Waals surface area contributed by atoms with Gasteiger partial charge in [0.15, 0.2) is 0 Å². The number of benzene rings is 2. The fraction of sp³-hybridized carbons (Fsp3) is 0.0714. The molecule has 2 aromatic rings. The van der Waals surface area contributed by atoms with Gasteiger partial charge in [0.1, 0.15) is 11.6 Å². The van der Waals surface area contributed by atoms with E-state index in [0.29, 0.717) is 0 Å². The van der Waals surface area contributed by atoms with Gasteiger partial charge in [-0.3, -0.25) is 14.9 Å². The number of nitrogens with one attached hydrogen (secondary N) is 1. The zero-order chi connectivity index (χ0) is 16.3. The summed E-state index contributed by atoms with van der Waals surface area (Å²) in [7, 11) is 1.31. The zero-order valence-corrected chi connectivity index (χ0v) is 11.3. The summed E-state index contributed by atoms with van der Waals surface area (Å²) < 4.78 is 31.4. The second-order valence-electron chi connectivity index (χ2n) is 4.22. The lowest BCUT2D eigenvalue weighted by Gasteiger charge is -2.09. The van der Waals surface area contributed by atoms with Crippen molar-refractivity contribution in [2.24, 2.45) is 0 Å². The van der Waals surface area contributed by atoms with Crippen LogP contribution >= 0.6 is 0 Å². The molecule has 0 aromatic heterocycles. The largest absolute Gasteiger partial charge is 0.496 e. The Balaban J connectivity index is 2.31. The molecule has 0 aliphatic rings. The first kappa shape index (κ1) is 15.4. The molecule has 0 atom stereocenters. The molecule has 1 N–H and O–H groups in total. The molecule has 0 aliphatic carbocycles. The first-order valence-electron chi connectivity index (χ1n) is 6.01. The van der Waals surface area contributed by atoms with Gasteiger partial charge in [-0.2, -0.15) is 4.39 Å². The van der Waals surface area contributed by atoms with Gasteiger partial charge in [0.2, 0.25) is 5.82 Å². The Bertz CT molecular complexity index is 750. The van der Waals surface area contributed by atoms with Gasteiger partial charge >= 0.3 is 5.69 Å². The highest BCUT2D eigenvalue weighted by Crippen LogP contribution is 2.24. The van der Waals surface area contributed by atoms with Crippen LogP contribution in [0.3, 0.4) is 0 Å². The van der Waals surface area contributed by atoms with Crippen LogP contribution in [0, 0.1) is 21.7 Å². The number of halogens is 2. The summed E-state index contributed by atoms with van der Waals surface area (Å²) in [5.74, 6) is -2.27. The highest BCUT2D eigenvalue weighted by molar-refractivity contribution is 6.06. The lowest BCUT2D eigenvalue weighted by molar-refractivity contribution is -0.387. The summed E-state index contributed by atoms with van der Waals surface area (Å²) in [6.45, 7) is 0. The molecule has 22 heavy (non-hydrogen) atoms. The monoisotopic (exact) mass is 308 g/mol. The third kappa shape index (κ3) is 3.17. The van der Waals surface area contributed by atoms with Crippen molar-refractivity contribution in [1.29, 1.82) is 0 Å². The number of amides is 1. The number of carbonyl (C=O) groups is 1. The molecule has 0 aliphatic heterocycles. The van der Waals surface area contributed by atoms with E-state index in [9.17, 15) is 23.7 Å². The predicted molar refractivity (Wildman–Crippen MR) is 74.0 cm³/mol. The molecule has 6 nitrogen and oxygen atoms in total. The maximum atomic E-state index is 13.2. The Kier molecular flexibility index (Phi) is 4.31. The zero-order valence-electron chi connectivity index (χ0n) is 11.3. The van der Waals surface area contributed by atoms with Gasteiger partial charge in [0, 0.05) is 11.8 Å². The summed E-state index contributed by atoms with van der Waals surface area (Å²) in [5, 5.41) is 13.0. The molecule has 0 saturated heterocycles. The van der Waals surface area contributed by atoms with Crippen LogP contribution in [0.15, 0.2) is 36.4 Å². The topological polar surface area (TPSA) is 81.5 Å². The van der Waals surface area contributed by atoms with Crippen molar-refractivity contribution < 1.29 is 23.2 Å². The molecule has 0 heterocycles. The number of nitro benzene ring substituents is 1. The van der Waals surface area contributed by atoms with E-state index in [-0.39, 0.29) is 17.0 Å². The lowest BCUT2D eigenvalue weighted by Crippen LogP contribution is -2.13. The second kappa shape index (κ2) is 6.17. The minimum absolute atomic E-state index is 0.00409.